The fourth-order valence-corrected chi connectivity index (χ4v) is 8.99. The van der Waals surface area contributed by atoms with Gasteiger partial charge in [0, 0.05) is 26.6 Å². The van der Waals surface area contributed by atoms with Crippen molar-refractivity contribution in [2.75, 3.05) is 66.4 Å². The summed E-state index contributed by atoms with van der Waals surface area (Å²) in [5.41, 5.74) is 9.88. The molecule has 0 radical (unpaired) electrons. The van der Waals surface area contributed by atoms with Crippen molar-refractivity contribution in [1.82, 2.24) is 25.4 Å². The quantitative estimate of drug-likeness (QED) is 0.0426. The van der Waals surface area contributed by atoms with E-state index in [0.717, 1.165) is 39.2 Å². The fraction of sp³-hybridized carbons (Fsp3) is 0.400. The topological polar surface area (TPSA) is 169 Å². The smallest absolute Gasteiger partial charge is 0.248 e. The normalized spacial score (nSPS) is 15.5. The molecule has 1 saturated heterocycles. The first-order chi connectivity index (χ1) is 33.7. The van der Waals surface area contributed by atoms with Gasteiger partial charge in [0.15, 0.2) is 0 Å². The van der Waals surface area contributed by atoms with Gasteiger partial charge in [-0.3, -0.25) is 19.2 Å². The van der Waals surface area contributed by atoms with Gasteiger partial charge in [0.2, 0.25) is 23.6 Å². The summed E-state index contributed by atoms with van der Waals surface area (Å²) >= 11 is 1.57. The van der Waals surface area contributed by atoms with E-state index >= 15 is 0 Å². The Morgan fingerprint density at radius 1 is 0.814 bits per heavy atom. The molecule has 5 aromatic rings. The number of aromatic nitrogens is 1. The highest BCUT2D eigenvalue weighted by atomic mass is 32.1. The van der Waals surface area contributed by atoms with Crippen molar-refractivity contribution >= 4 is 46.1 Å². The number of aliphatic hydroxyl groups excluding tert-OH is 1. The number of hydrogen-bond donors (Lipinski definition) is 3. The van der Waals surface area contributed by atoms with Gasteiger partial charge in [-0.2, -0.15) is 0 Å². The van der Waals surface area contributed by atoms with Crippen molar-refractivity contribution in [2.24, 2.45) is 5.41 Å². The number of allylic oxidation sites excluding steroid dienone is 1. The average molecular weight is 974 g/mol. The van der Waals surface area contributed by atoms with Gasteiger partial charge >= 0.3 is 0 Å². The van der Waals surface area contributed by atoms with Crippen molar-refractivity contribution in [3.8, 4) is 16.2 Å². The summed E-state index contributed by atoms with van der Waals surface area (Å²) < 4.78 is 22.6. The van der Waals surface area contributed by atoms with Crippen molar-refractivity contribution < 1.29 is 43.2 Å². The maximum Gasteiger partial charge on any atom is 0.248 e. The van der Waals surface area contributed by atoms with Crippen LogP contribution in [0.3, 0.4) is 0 Å². The van der Waals surface area contributed by atoms with E-state index in [4.69, 9.17) is 18.9 Å². The number of aryl methyl sites for hydroxylation is 1. The first-order valence-corrected chi connectivity index (χ1v) is 24.7. The molecule has 6 rings (SSSR count). The summed E-state index contributed by atoms with van der Waals surface area (Å²) in [4.78, 5) is 61.4. The Hall–Kier alpha value is -6.23. The molecule has 14 nitrogen and oxygen atoms in total. The number of carbonyl (C=O) groups excluding carboxylic acids is 4. The largest absolute Gasteiger partial charge is 0.492 e. The molecule has 0 spiro atoms. The molecule has 4 aromatic carbocycles. The highest BCUT2D eigenvalue weighted by Gasteiger charge is 2.44. The van der Waals surface area contributed by atoms with Gasteiger partial charge in [-0.25, -0.2) is 4.98 Å². The number of amides is 4. The second-order valence-electron chi connectivity index (χ2n) is 18.3. The Morgan fingerprint density at radius 2 is 1.43 bits per heavy atom. The molecule has 15 heteroatoms. The molecule has 1 aromatic heterocycles. The summed E-state index contributed by atoms with van der Waals surface area (Å²) in [6.07, 6.45) is 0.0814. The van der Waals surface area contributed by atoms with E-state index in [-0.39, 0.29) is 71.0 Å². The number of rotatable bonds is 24. The second kappa shape index (κ2) is 26.1. The number of ether oxygens (including phenoxy) is 4. The molecule has 0 bridgehead atoms. The Bertz CT molecular complexity index is 2490. The molecule has 2 heterocycles. The zero-order valence-electron chi connectivity index (χ0n) is 41.2. The Kier molecular flexibility index (Phi) is 19.8. The molecule has 1 aliphatic heterocycles. The van der Waals surface area contributed by atoms with Crippen molar-refractivity contribution in [3.63, 3.8) is 0 Å². The van der Waals surface area contributed by atoms with Crippen LogP contribution < -0.4 is 15.4 Å². The molecule has 3 N–H and O–H groups in total. The number of thiazole rings is 1. The molecule has 0 saturated carbocycles. The van der Waals surface area contributed by atoms with Gasteiger partial charge in [-0.05, 0) is 69.9 Å². The van der Waals surface area contributed by atoms with Gasteiger partial charge in [0.05, 0.1) is 55.2 Å². The molecule has 1 unspecified atom stereocenters. The third-order valence-electron chi connectivity index (χ3n) is 12.0. The maximum atomic E-state index is 14.0. The van der Waals surface area contributed by atoms with Crippen LogP contribution in [0.1, 0.15) is 68.5 Å². The summed E-state index contributed by atoms with van der Waals surface area (Å²) in [6, 6.07) is 34.9. The van der Waals surface area contributed by atoms with Crippen molar-refractivity contribution in [3.05, 3.63) is 143 Å². The highest BCUT2D eigenvalue weighted by molar-refractivity contribution is 7.13. The number of likely N-dealkylation sites (tertiary alicyclic amines) is 1. The van der Waals surface area contributed by atoms with Crippen LogP contribution in [-0.2, 0) is 39.9 Å². The second-order valence-corrected chi connectivity index (χ2v) is 19.1. The zero-order valence-corrected chi connectivity index (χ0v) is 42.0. The number of nitrogens with zero attached hydrogens (tertiary/aromatic N) is 3. The first-order valence-electron chi connectivity index (χ1n) is 23.8. The molecule has 1 fully saturated rings. The summed E-state index contributed by atoms with van der Waals surface area (Å²) in [5, 5.41) is 16.3. The highest BCUT2D eigenvalue weighted by Crippen LogP contribution is 2.35. The van der Waals surface area contributed by atoms with E-state index < -0.39 is 35.4 Å². The molecule has 1 aliphatic rings. The zero-order chi connectivity index (χ0) is 50.0. The number of nitrogens with one attached hydrogen (secondary N) is 2. The fourth-order valence-electron chi connectivity index (χ4n) is 8.18. The summed E-state index contributed by atoms with van der Waals surface area (Å²) in [7, 11) is 1.70. The van der Waals surface area contributed by atoms with Crippen LogP contribution in [0.25, 0.3) is 21.6 Å². The number of carbonyl (C=O) groups is 4. The van der Waals surface area contributed by atoms with E-state index in [1.807, 2.05) is 81.7 Å². The third kappa shape index (κ3) is 15.1. The lowest BCUT2D eigenvalue weighted by atomic mass is 9.85. The lowest BCUT2D eigenvalue weighted by Gasteiger charge is -2.35. The standard InChI is InChI=1S/C55H67N5O9S/c1-7-46(40-14-10-8-11-15-40)50(41-16-12-9-13-17-41)42-22-24-45(25-23-42)69-27-26-59(6)49(63)36-68-31-29-66-28-30-67-35-48(62)58-52(55(3,4)5)54(65)60-34-44(61)32-47(60)53(64)56-33-39-18-20-43(21-19-39)51-38(2)57-37-70-51/h8-25,37,44,47,52,61H,7,26-36H2,1-6H3,(H,56,64)(H,58,62)/b50-46-/t44-,47+,52?/m1/s1. The summed E-state index contributed by atoms with van der Waals surface area (Å²) in [5.74, 6) is -0.818. The van der Waals surface area contributed by atoms with Gasteiger partial charge in [-0.1, -0.05) is 125 Å². The SMILES string of the molecule is CC/C(=C(\c1ccccc1)c1ccc(OCCN(C)C(=O)COCCOCCOCC(=O)NC(C(=O)N2C[C@H](O)C[C@H]2C(=O)NCc2ccc(-c3scnc3C)cc2)C(C)(C)C)cc1)c1ccccc1. The van der Waals surface area contributed by atoms with Crippen molar-refractivity contribution in [1.29, 1.82) is 0 Å². The summed E-state index contributed by atoms with van der Waals surface area (Å²) in [6.45, 7) is 10.8. The first kappa shape index (κ1) is 53.1. The third-order valence-corrected chi connectivity index (χ3v) is 13.0. The van der Waals surface area contributed by atoms with E-state index in [9.17, 15) is 24.3 Å². The van der Waals surface area contributed by atoms with Crippen LogP contribution in [0.2, 0.25) is 0 Å². The number of aliphatic hydroxyl groups is 1. The van der Waals surface area contributed by atoms with E-state index in [2.05, 4.69) is 83.2 Å². The minimum Gasteiger partial charge on any atom is -0.492 e. The van der Waals surface area contributed by atoms with Gasteiger partial charge in [0.1, 0.15) is 37.7 Å². The Balaban J connectivity index is 0.850. The predicted octanol–water partition coefficient (Wildman–Crippen LogP) is 7.18. The van der Waals surface area contributed by atoms with Crippen LogP contribution in [0.5, 0.6) is 5.75 Å². The lowest BCUT2D eigenvalue weighted by molar-refractivity contribution is -0.144. The van der Waals surface area contributed by atoms with Crippen LogP contribution in [0, 0.1) is 12.3 Å². The van der Waals surface area contributed by atoms with Crippen LogP contribution in [0.4, 0.5) is 0 Å². The molecule has 372 valence electrons. The van der Waals surface area contributed by atoms with Crippen LogP contribution >= 0.6 is 11.3 Å². The number of likely N-dealkylation sites (N-methyl/N-ethyl adjacent to an activating group) is 1. The Labute approximate surface area is 416 Å². The van der Waals surface area contributed by atoms with Crippen LogP contribution in [-0.4, -0.2) is 128 Å². The monoisotopic (exact) mass is 973 g/mol. The molecule has 4 amide bonds. The predicted molar refractivity (Wildman–Crippen MR) is 273 cm³/mol. The maximum absolute atomic E-state index is 14.0. The number of β-amino-alcohol motifs (C(OH)–C–C–N with tert-alkyl or cyclic N) is 1. The molecule has 0 aliphatic carbocycles. The number of benzene rings is 4. The van der Waals surface area contributed by atoms with Gasteiger partial charge < -0.3 is 44.5 Å². The Morgan fingerprint density at radius 3 is 2.04 bits per heavy atom. The van der Waals surface area contributed by atoms with E-state index in [1.54, 1.807) is 23.3 Å². The lowest BCUT2D eigenvalue weighted by Crippen LogP contribution is -2.58. The molecule has 3 atom stereocenters. The van der Waals surface area contributed by atoms with Gasteiger partial charge in [-0.15, -0.1) is 11.3 Å². The molecular formula is C55H67N5O9S. The molecular weight excluding hydrogens is 907 g/mol. The van der Waals surface area contributed by atoms with Crippen LogP contribution in [0.15, 0.2) is 115 Å². The minimum absolute atomic E-state index is 0.0268. The molecule has 70 heavy (non-hydrogen) atoms. The number of hydrogen-bond acceptors (Lipinski definition) is 11. The average Bonchev–Trinajstić information content (AvgIpc) is 3.98. The van der Waals surface area contributed by atoms with E-state index in [1.165, 1.54) is 21.6 Å². The van der Waals surface area contributed by atoms with Gasteiger partial charge in [0.25, 0.3) is 0 Å². The minimum atomic E-state index is -0.983. The van der Waals surface area contributed by atoms with E-state index in [0.29, 0.717) is 18.9 Å². The van der Waals surface area contributed by atoms with Crippen molar-refractivity contribution in [2.45, 2.75) is 72.2 Å².